The highest BCUT2D eigenvalue weighted by atomic mass is 16.2. The second-order valence-electron chi connectivity index (χ2n) is 6.39. The first-order chi connectivity index (χ1) is 11.1. The third kappa shape index (κ3) is 3.73. The molecule has 1 N–H and O–H groups in total. The molecule has 1 aromatic heterocycles. The predicted octanol–water partition coefficient (Wildman–Crippen LogP) is 2.42. The van der Waals surface area contributed by atoms with Crippen LogP contribution >= 0.6 is 0 Å². The zero-order valence-electron chi connectivity index (χ0n) is 13.8. The molecular formula is C18H24N4O. The summed E-state index contributed by atoms with van der Waals surface area (Å²) in [7, 11) is 4.03. The molecule has 1 aromatic carbocycles. The van der Waals surface area contributed by atoms with Gasteiger partial charge in [-0.1, -0.05) is 12.1 Å². The maximum Gasteiger partial charge on any atom is 0.227 e. The number of amides is 1. The Balaban J connectivity index is 1.61. The average Bonchev–Trinajstić information content (AvgIpc) is 3.10. The van der Waals surface area contributed by atoms with Gasteiger partial charge in [0.05, 0.1) is 6.42 Å². The van der Waals surface area contributed by atoms with Crippen molar-refractivity contribution in [2.24, 2.45) is 0 Å². The van der Waals surface area contributed by atoms with Gasteiger partial charge in [0.1, 0.15) is 5.82 Å². The lowest BCUT2D eigenvalue weighted by atomic mass is 9.96. The lowest BCUT2D eigenvalue weighted by Crippen LogP contribution is -2.40. The van der Waals surface area contributed by atoms with Crippen molar-refractivity contribution in [1.82, 2.24) is 14.9 Å². The summed E-state index contributed by atoms with van der Waals surface area (Å²) in [4.78, 5) is 24.2. The van der Waals surface area contributed by atoms with Gasteiger partial charge in [-0.15, -0.1) is 0 Å². The summed E-state index contributed by atoms with van der Waals surface area (Å²) in [5.74, 6) is 1.54. The molecule has 23 heavy (non-hydrogen) atoms. The Morgan fingerprint density at radius 2 is 2.13 bits per heavy atom. The molecule has 1 fully saturated rings. The molecule has 5 nitrogen and oxygen atoms in total. The summed E-state index contributed by atoms with van der Waals surface area (Å²) in [6, 6.07) is 8.21. The molecule has 1 amide bonds. The minimum atomic E-state index is 0.207. The number of likely N-dealkylation sites (tertiary alicyclic amines) is 1. The molecule has 0 aliphatic carbocycles. The van der Waals surface area contributed by atoms with E-state index >= 15 is 0 Å². The average molecular weight is 312 g/mol. The minimum absolute atomic E-state index is 0.207. The van der Waals surface area contributed by atoms with Crippen LogP contribution in [0, 0.1) is 0 Å². The van der Waals surface area contributed by atoms with Crippen LogP contribution in [-0.4, -0.2) is 48.0 Å². The highest BCUT2D eigenvalue weighted by Gasteiger charge is 2.26. The van der Waals surface area contributed by atoms with Crippen LogP contribution in [0.25, 0.3) is 0 Å². The second-order valence-corrected chi connectivity index (χ2v) is 6.39. The number of hydrogen-bond donors (Lipinski definition) is 1. The van der Waals surface area contributed by atoms with Crippen LogP contribution in [0.3, 0.4) is 0 Å². The van der Waals surface area contributed by atoms with Gasteiger partial charge in [-0.25, -0.2) is 4.98 Å². The quantitative estimate of drug-likeness (QED) is 0.943. The predicted molar refractivity (Wildman–Crippen MR) is 91.6 cm³/mol. The number of nitrogens with zero attached hydrogens (tertiary/aromatic N) is 3. The maximum absolute atomic E-state index is 12.6. The highest BCUT2D eigenvalue weighted by Crippen LogP contribution is 2.24. The zero-order chi connectivity index (χ0) is 16.2. The molecule has 0 spiro atoms. The zero-order valence-corrected chi connectivity index (χ0v) is 13.8. The van der Waals surface area contributed by atoms with Crippen LogP contribution in [0.4, 0.5) is 5.69 Å². The number of imidazole rings is 1. The van der Waals surface area contributed by atoms with Crippen molar-refractivity contribution >= 4 is 11.6 Å². The molecule has 1 saturated heterocycles. The van der Waals surface area contributed by atoms with Crippen molar-refractivity contribution in [2.45, 2.75) is 25.2 Å². The first kappa shape index (κ1) is 15.6. The third-order valence-electron chi connectivity index (χ3n) is 4.49. The lowest BCUT2D eigenvalue weighted by Gasteiger charge is -2.32. The van der Waals surface area contributed by atoms with Gasteiger partial charge in [0.25, 0.3) is 0 Å². The molecule has 0 radical (unpaired) electrons. The Hall–Kier alpha value is -2.30. The first-order valence-corrected chi connectivity index (χ1v) is 8.17. The maximum atomic E-state index is 12.6. The molecule has 0 saturated carbocycles. The van der Waals surface area contributed by atoms with Crippen molar-refractivity contribution in [2.75, 3.05) is 32.1 Å². The number of carbonyl (C=O) groups excluding carboxylic acids is 1. The fourth-order valence-corrected chi connectivity index (χ4v) is 3.13. The number of anilines is 1. The fraction of sp³-hybridized carbons (Fsp3) is 0.444. The number of hydrogen-bond acceptors (Lipinski definition) is 3. The third-order valence-corrected chi connectivity index (χ3v) is 4.49. The van der Waals surface area contributed by atoms with E-state index in [2.05, 4.69) is 27.0 Å². The molecule has 5 heteroatoms. The topological polar surface area (TPSA) is 52.2 Å². The van der Waals surface area contributed by atoms with Gasteiger partial charge in [-0.2, -0.15) is 0 Å². The molecule has 2 heterocycles. The SMILES string of the molecule is CN(C)c1ccc(CC(=O)N2CCC[C@@H](c3ncc[nH]3)C2)cc1. The monoisotopic (exact) mass is 312 g/mol. The summed E-state index contributed by atoms with van der Waals surface area (Å²) in [5, 5.41) is 0. The van der Waals surface area contributed by atoms with E-state index in [0.29, 0.717) is 12.3 Å². The van der Waals surface area contributed by atoms with E-state index in [9.17, 15) is 4.79 Å². The van der Waals surface area contributed by atoms with Crippen molar-refractivity contribution in [3.05, 3.63) is 48.0 Å². The summed E-state index contributed by atoms with van der Waals surface area (Å²) in [6.45, 7) is 1.62. The first-order valence-electron chi connectivity index (χ1n) is 8.17. The molecular weight excluding hydrogens is 288 g/mol. The Kier molecular flexibility index (Phi) is 4.65. The lowest BCUT2D eigenvalue weighted by molar-refractivity contribution is -0.131. The number of nitrogens with one attached hydrogen (secondary N) is 1. The smallest absolute Gasteiger partial charge is 0.227 e. The van der Waals surface area contributed by atoms with Crippen LogP contribution < -0.4 is 4.90 Å². The second kappa shape index (κ2) is 6.86. The number of carbonyl (C=O) groups is 1. The Bertz CT molecular complexity index is 634. The van der Waals surface area contributed by atoms with E-state index in [1.807, 2.05) is 37.3 Å². The van der Waals surface area contributed by atoms with Gasteiger partial charge in [-0.3, -0.25) is 4.79 Å². The molecule has 0 unspecified atom stereocenters. The van der Waals surface area contributed by atoms with E-state index in [0.717, 1.165) is 43.0 Å². The van der Waals surface area contributed by atoms with Crippen LogP contribution in [0.5, 0.6) is 0 Å². The molecule has 122 valence electrons. The highest BCUT2D eigenvalue weighted by molar-refractivity contribution is 5.79. The van der Waals surface area contributed by atoms with Gasteiger partial charge in [0.2, 0.25) is 5.91 Å². The normalized spacial score (nSPS) is 18.0. The number of aromatic amines is 1. The van der Waals surface area contributed by atoms with E-state index in [4.69, 9.17) is 0 Å². The number of benzene rings is 1. The van der Waals surface area contributed by atoms with E-state index in [-0.39, 0.29) is 5.91 Å². The number of aromatic nitrogens is 2. The van der Waals surface area contributed by atoms with Gasteiger partial charge in [0, 0.05) is 51.2 Å². The minimum Gasteiger partial charge on any atom is -0.378 e. The summed E-state index contributed by atoms with van der Waals surface area (Å²) in [5.41, 5.74) is 2.22. The molecule has 2 aromatic rings. The van der Waals surface area contributed by atoms with Gasteiger partial charge in [-0.05, 0) is 30.5 Å². The van der Waals surface area contributed by atoms with Crippen molar-refractivity contribution in [1.29, 1.82) is 0 Å². The van der Waals surface area contributed by atoms with Gasteiger partial charge < -0.3 is 14.8 Å². The van der Waals surface area contributed by atoms with Crippen LogP contribution in [0.2, 0.25) is 0 Å². The molecule has 1 aliphatic heterocycles. The van der Waals surface area contributed by atoms with Crippen LogP contribution in [0.15, 0.2) is 36.7 Å². The Morgan fingerprint density at radius 1 is 1.35 bits per heavy atom. The Labute approximate surface area is 137 Å². The Morgan fingerprint density at radius 3 is 2.78 bits per heavy atom. The van der Waals surface area contributed by atoms with Gasteiger partial charge >= 0.3 is 0 Å². The number of piperidine rings is 1. The molecule has 1 aliphatic rings. The van der Waals surface area contributed by atoms with Crippen LogP contribution in [0.1, 0.15) is 30.1 Å². The largest absolute Gasteiger partial charge is 0.378 e. The molecule has 3 rings (SSSR count). The van der Waals surface area contributed by atoms with Crippen molar-refractivity contribution in [3.8, 4) is 0 Å². The van der Waals surface area contributed by atoms with Crippen molar-refractivity contribution in [3.63, 3.8) is 0 Å². The van der Waals surface area contributed by atoms with Crippen LogP contribution in [-0.2, 0) is 11.2 Å². The molecule has 1 atom stereocenters. The van der Waals surface area contributed by atoms with E-state index in [1.54, 1.807) is 6.20 Å². The number of rotatable bonds is 4. The summed E-state index contributed by atoms with van der Waals surface area (Å²) < 4.78 is 0. The summed E-state index contributed by atoms with van der Waals surface area (Å²) >= 11 is 0. The fourth-order valence-electron chi connectivity index (χ4n) is 3.13. The van der Waals surface area contributed by atoms with Gasteiger partial charge in [0.15, 0.2) is 0 Å². The van der Waals surface area contributed by atoms with Crippen molar-refractivity contribution < 1.29 is 4.79 Å². The standard InChI is InChI=1S/C18H24N4O/c1-21(2)16-7-5-14(6-8-16)12-17(23)22-11-3-4-15(13-22)18-19-9-10-20-18/h5-10,15H,3-4,11-13H2,1-2H3,(H,19,20)/t15-/m1/s1. The number of H-pyrrole nitrogens is 1. The molecule has 0 bridgehead atoms. The summed E-state index contributed by atoms with van der Waals surface area (Å²) in [6.07, 6.45) is 6.23. The van der Waals surface area contributed by atoms with E-state index < -0.39 is 0 Å². The van der Waals surface area contributed by atoms with E-state index in [1.165, 1.54) is 0 Å².